The second-order valence-electron chi connectivity index (χ2n) is 7.49. The molecule has 0 atom stereocenters. The van der Waals surface area contributed by atoms with Gasteiger partial charge in [0, 0.05) is 38.9 Å². The van der Waals surface area contributed by atoms with Crippen molar-refractivity contribution in [2.75, 3.05) is 20.3 Å². The number of nitrogens with one attached hydrogen (secondary N) is 2. The van der Waals surface area contributed by atoms with E-state index in [-0.39, 0.29) is 28.5 Å². The van der Waals surface area contributed by atoms with Gasteiger partial charge in [0.25, 0.3) is 11.5 Å². The van der Waals surface area contributed by atoms with Gasteiger partial charge in [-0.05, 0) is 48.7 Å². The number of ether oxygens (including phenoxy) is 1. The second-order valence-corrected chi connectivity index (χ2v) is 7.49. The van der Waals surface area contributed by atoms with Gasteiger partial charge in [-0.15, -0.1) is 0 Å². The molecule has 0 aliphatic rings. The van der Waals surface area contributed by atoms with Gasteiger partial charge in [-0.3, -0.25) is 24.4 Å². The number of pyridine rings is 3. The molecule has 4 aromatic rings. The average molecular weight is 432 g/mol. The van der Waals surface area contributed by atoms with Crippen molar-refractivity contribution in [1.82, 2.24) is 24.3 Å². The number of aryl methyl sites for hydroxylation is 1. The van der Waals surface area contributed by atoms with Crippen molar-refractivity contribution < 1.29 is 9.53 Å². The fourth-order valence-electron chi connectivity index (χ4n) is 3.61. The Kier molecular flexibility index (Phi) is 6.09. The molecule has 2 N–H and O–H groups in total. The van der Waals surface area contributed by atoms with Gasteiger partial charge in [-0.25, -0.2) is 4.98 Å². The van der Waals surface area contributed by atoms with E-state index in [1.807, 2.05) is 25.1 Å². The third-order valence-electron chi connectivity index (χ3n) is 5.28. The minimum atomic E-state index is -0.412. The summed E-state index contributed by atoms with van der Waals surface area (Å²) < 4.78 is 8.08. The Morgan fingerprint density at radius 2 is 2.00 bits per heavy atom. The quantitative estimate of drug-likeness (QED) is 0.340. The average Bonchev–Trinajstić information content (AvgIpc) is 2.80. The lowest BCUT2D eigenvalue weighted by molar-refractivity contribution is 0.0946. The fourth-order valence-corrected chi connectivity index (χ4v) is 3.61. The Morgan fingerprint density at radius 3 is 2.75 bits per heavy atom. The molecule has 9 heteroatoms. The lowest BCUT2D eigenvalue weighted by Crippen LogP contribution is -2.35. The van der Waals surface area contributed by atoms with Gasteiger partial charge in [0.15, 0.2) is 0 Å². The Labute approximate surface area is 183 Å². The molecule has 0 unspecified atom stereocenters. The van der Waals surface area contributed by atoms with Crippen LogP contribution in [0.25, 0.3) is 16.7 Å². The number of fused-ring (bicyclic) bond motifs is 2. The van der Waals surface area contributed by atoms with Crippen molar-refractivity contribution in [1.29, 1.82) is 5.41 Å². The zero-order valence-electron chi connectivity index (χ0n) is 18.0. The number of carbonyl (C=O) groups excluding carboxylic acids is 1. The lowest BCUT2D eigenvalue weighted by atomic mass is 10.1. The molecular weight excluding hydrogens is 408 g/mol. The summed E-state index contributed by atoms with van der Waals surface area (Å²) in [6.45, 7) is 3.08. The number of rotatable bonds is 7. The molecule has 1 amide bonds. The van der Waals surface area contributed by atoms with E-state index in [4.69, 9.17) is 15.1 Å². The minimum absolute atomic E-state index is 0.0108. The van der Waals surface area contributed by atoms with Crippen LogP contribution in [0.4, 0.5) is 0 Å². The first-order chi connectivity index (χ1) is 15.5. The standard InChI is InChI=1S/C23H24N6O3/c1-15-5-3-11-28-20(15)27-21-18(23(28)31)13-17(22(30)26-8-4-12-32-2)19(24)29(21)14-16-6-9-25-10-7-16/h3,5-7,9-11,13,24H,4,8,12,14H2,1-2H3,(H,26,30). The maximum atomic E-state index is 13.3. The fraction of sp³-hybridized carbons (Fsp3) is 0.261. The molecule has 0 bridgehead atoms. The van der Waals surface area contributed by atoms with Gasteiger partial charge in [0.2, 0.25) is 0 Å². The van der Waals surface area contributed by atoms with E-state index < -0.39 is 5.91 Å². The predicted molar refractivity (Wildman–Crippen MR) is 120 cm³/mol. The first-order valence-corrected chi connectivity index (χ1v) is 10.3. The Bertz CT molecular complexity index is 1410. The van der Waals surface area contributed by atoms with Gasteiger partial charge in [-0.1, -0.05) is 6.07 Å². The molecule has 0 fully saturated rings. The summed E-state index contributed by atoms with van der Waals surface area (Å²) in [5.41, 5.74) is 2.42. The Hall–Kier alpha value is -3.85. The number of hydrogen-bond acceptors (Lipinski definition) is 6. The van der Waals surface area contributed by atoms with Crippen LogP contribution in [0.3, 0.4) is 0 Å². The summed E-state index contributed by atoms with van der Waals surface area (Å²) in [5, 5.41) is 11.9. The SMILES string of the molecule is COCCCNC(=O)c1cc2c(=O)n3cccc(C)c3nc2n(Cc2ccncc2)c1=N. The maximum Gasteiger partial charge on any atom is 0.267 e. The predicted octanol–water partition coefficient (Wildman–Crippen LogP) is 1.65. The Balaban J connectivity index is 1.94. The summed E-state index contributed by atoms with van der Waals surface area (Å²) in [6.07, 6.45) is 5.63. The van der Waals surface area contributed by atoms with Crippen LogP contribution in [0.2, 0.25) is 0 Å². The summed E-state index contributed by atoms with van der Waals surface area (Å²) in [5.74, 6) is -0.412. The number of aromatic nitrogens is 4. The van der Waals surface area contributed by atoms with Crippen molar-refractivity contribution >= 4 is 22.6 Å². The molecule has 0 saturated carbocycles. The van der Waals surface area contributed by atoms with Crippen molar-refractivity contribution in [3.8, 4) is 0 Å². The van der Waals surface area contributed by atoms with E-state index >= 15 is 0 Å². The molecule has 0 aromatic carbocycles. The van der Waals surface area contributed by atoms with Crippen LogP contribution in [0.5, 0.6) is 0 Å². The van der Waals surface area contributed by atoms with E-state index in [0.717, 1.165) is 11.1 Å². The van der Waals surface area contributed by atoms with E-state index in [0.29, 0.717) is 30.9 Å². The first-order valence-electron chi connectivity index (χ1n) is 10.3. The molecule has 0 aliphatic heterocycles. The number of methoxy groups -OCH3 is 1. The minimum Gasteiger partial charge on any atom is -0.385 e. The molecule has 9 nitrogen and oxygen atoms in total. The van der Waals surface area contributed by atoms with E-state index in [1.165, 1.54) is 10.5 Å². The monoisotopic (exact) mass is 432 g/mol. The summed E-state index contributed by atoms with van der Waals surface area (Å²) in [6, 6.07) is 8.79. The molecule has 32 heavy (non-hydrogen) atoms. The van der Waals surface area contributed by atoms with Gasteiger partial charge in [-0.2, -0.15) is 0 Å². The molecule has 0 saturated heterocycles. The van der Waals surface area contributed by atoms with Crippen LogP contribution in [0.15, 0.2) is 53.7 Å². The van der Waals surface area contributed by atoms with E-state index in [9.17, 15) is 9.59 Å². The highest BCUT2D eigenvalue weighted by Gasteiger charge is 2.18. The Morgan fingerprint density at radius 1 is 1.22 bits per heavy atom. The molecule has 4 heterocycles. The highest BCUT2D eigenvalue weighted by atomic mass is 16.5. The van der Waals surface area contributed by atoms with Crippen molar-refractivity contribution in [3.63, 3.8) is 0 Å². The van der Waals surface area contributed by atoms with Gasteiger partial charge in [0.1, 0.15) is 16.8 Å². The zero-order chi connectivity index (χ0) is 22.7. The molecule has 0 radical (unpaired) electrons. The van der Waals surface area contributed by atoms with Gasteiger partial charge < -0.3 is 14.6 Å². The summed E-state index contributed by atoms with van der Waals surface area (Å²) >= 11 is 0. The summed E-state index contributed by atoms with van der Waals surface area (Å²) in [7, 11) is 1.60. The van der Waals surface area contributed by atoms with Crippen LogP contribution in [-0.2, 0) is 11.3 Å². The maximum absolute atomic E-state index is 13.3. The van der Waals surface area contributed by atoms with Gasteiger partial charge in [0.05, 0.1) is 17.5 Å². The third kappa shape index (κ3) is 4.02. The second kappa shape index (κ2) is 9.11. The van der Waals surface area contributed by atoms with Gasteiger partial charge >= 0.3 is 0 Å². The highest BCUT2D eigenvalue weighted by Crippen LogP contribution is 2.14. The van der Waals surface area contributed by atoms with Crippen LogP contribution in [-0.4, -0.2) is 45.1 Å². The smallest absolute Gasteiger partial charge is 0.267 e. The first kappa shape index (κ1) is 21.4. The van der Waals surface area contributed by atoms with E-state index in [1.54, 1.807) is 36.3 Å². The molecule has 4 rings (SSSR count). The van der Waals surface area contributed by atoms with Crippen LogP contribution in [0, 0.1) is 12.3 Å². The number of nitrogens with zero attached hydrogens (tertiary/aromatic N) is 4. The third-order valence-corrected chi connectivity index (χ3v) is 5.28. The van der Waals surface area contributed by atoms with E-state index in [2.05, 4.69) is 10.3 Å². The number of amides is 1. The molecule has 4 aromatic heterocycles. The van der Waals surface area contributed by atoms with Crippen LogP contribution in [0.1, 0.15) is 27.9 Å². The molecule has 164 valence electrons. The molecular formula is C23H24N6O3. The number of carbonyl (C=O) groups is 1. The van der Waals surface area contributed by atoms with Crippen LogP contribution >= 0.6 is 0 Å². The lowest BCUT2D eigenvalue weighted by Gasteiger charge is -2.15. The summed E-state index contributed by atoms with van der Waals surface area (Å²) in [4.78, 5) is 35.0. The molecule has 0 spiro atoms. The van der Waals surface area contributed by atoms with Crippen molar-refractivity contribution in [3.05, 3.63) is 81.5 Å². The zero-order valence-corrected chi connectivity index (χ0v) is 18.0. The largest absolute Gasteiger partial charge is 0.385 e. The highest BCUT2D eigenvalue weighted by molar-refractivity contribution is 5.96. The van der Waals surface area contributed by atoms with Crippen molar-refractivity contribution in [2.45, 2.75) is 19.9 Å². The topological polar surface area (TPSA) is 114 Å². The van der Waals surface area contributed by atoms with Crippen LogP contribution < -0.4 is 16.4 Å². The number of hydrogen-bond donors (Lipinski definition) is 2. The molecule has 0 aliphatic carbocycles. The van der Waals surface area contributed by atoms with Crippen molar-refractivity contribution in [2.24, 2.45) is 0 Å². The normalized spacial score (nSPS) is 11.2.